The second kappa shape index (κ2) is 5.78. The molecule has 0 saturated carbocycles. The predicted molar refractivity (Wildman–Crippen MR) is 66.2 cm³/mol. The van der Waals surface area contributed by atoms with Gasteiger partial charge in [0.2, 0.25) is 0 Å². The molecule has 0 aromatic heterocycles. The Kier molecular flexibility index (Phi) is 5.71. The van der Waals surface area contributed by atoms with Crippen LogP contribution in [0.25, 0.3) is 0 Å². The van der Waals surface area contributed by atoms with Gasteiger partial charge in [0.25, 0.3) is 6.43 Å². The molecule has 0 N–H and O–H groups in total. The van der Waals surface area contributed by atoms with E-state index in [9.17, 15) is 8.78 Å². The van der Waals surface area contributed by atoms with E-state index in [2.05, 4.69) is 41.5 Å². The van der Waals surface area contributed by atoms with Gasteiger partial charge in [-0.1, -0.05) is 47.2 Å². The molecule has 0 atom stereocenters. The van der Waals surface area contributed by atoms with E-state index in [4.69, 9.17) is 0 Å². The Morgan fingerprint density at radius 3 is 1.33 bits per heavy atom. The summed E-state index contributed by atoms with van der Waals surface area (Å²) in [5.41, 5.74) is 3.39. The first-order valence-corrected chi connectivity index (χ1v) is 8.03. The van der Waals surface area contributed by atoms with Crippen LogP contribution in [-0.4, -0.2) is 14.5 Å². The molecule has 0 heterocycles. The number of hydrogen-bond acceptors (Lipinski definition) is 0. The molecule has 3 heteroatoms. The lowest BCUT2D eigenvalue weighted by atomic mass is 10.5. The highest BCUT2D eigenvalue weighted by Gasteiger charge is 2.40. The average Bonchev–Trinajstić information content (AvgIpc) is 2.02. The fourth-order valence-corrected chi connectivity index (χ4v) is 8.45. The molecule has 0 aliphatic carbocycles. The summed E-state index contributed by atoms with van der Waals surface area (Å²) in [6, 6.07) is 0. The molecule has 0 rings (SSSR count). The van der Waals surface area contributed by atoms with E-state index >= 15 is 0 Å². The minimum atomic E-state index is -2.31. The van der Waals surface area contributed by atoms with Crippen LogP contribution in [0.4, 0.5) is 8.78 Å². The molecule has 0 aliphatic rings. The first-order chi connectivity index (χ1) is 6.75. The Morgan fingerprint density at radius 2 is 1.13 bits per heavy atom. The van der Waals surface area contributed by atoms with Gasteiger partial charge in [-0.25, -0.2) is 8.78 Å². The summed E-state index contributed by atoms with van der Waals surface area (Å²) < 4.78 is 24.6. The molecule has 0 spiro atoms. The molecule has 0 aromatic rings. The molecule has 0 amide bonds. The van der Waals surface area contributed by atoms with Crippen LogP contribution >= 0.6 is 0 Å². The van der Waals surface area contributed by atoms with Crippen LogP contribution in [0, 0.1) is 0 Å². The van der Waals surface area contributed by atoms with Gasteiger partial charge in [-0.05, 0) is 22.7 Å². The van der Waals surface area contributed by atoms with Gasteiger partial charge in [0.1, 0.15) is 0 Å². The molecule has 90 valence electrons. The number of allylic oxidation sites excluding steroid dienone is 1. The van der Waals surface area contributed by atoms with E-state index in [1.165, 1.54) is 0 Å². The second-order valence-electron chi connectivity index (χ2n) is 5.16. The molecule has 0 saturated heterocycles. The number of rotatable bonds is 5. The molecule has 0 fully saturated rings. The van der Waals surface area contributed by atoms with Gasteiger partial charge in [0.05, 0.1) is 8.07 Å². The Morgan fingerprint density at radius 1 is 0.800 bits per heavy atom. The van der Waals surface area contributed by atoms with Gasteiger partial charge in [-0.3, -0.25) is 0 Å². The summed E-state index contributed by atoms with van der Waals surface area (Å²) in [5.74, 6) is 0. The van der Waals surface area contributed by atoms with Gasteiger partial charge < -0.3 is 0 Å². The first-order valence-electron chi connectivity index (χ1n) is 5.72. The van der Waals surface area contributed by atoms with Crippen molar-refractivity contribution in [3.8, 4) is 0 Å². The Bertz CT molecular complexity index is 186. The van der Waals surface area contributed by atoms with Crippen molar-refractivity contribution in [1.82, 2.24) is 0 Å². The lowest BCUT2D eigenvalue weighted by Gasteiger charge is -2.40. The number of halogens is 2. The highest BCUT2D eigenvalue weighted by Crippen LogP contribution is 2.42. The SMILES string of the molecule is CC(C)[Si](/C=C/C(F)F)(C(C)C)C(C)C. The van der Waals surface area contributed by atoms with E-state index in [1.54, 1.807) is 0 Å². The van der Waals surface area contributed by atoms with Crippen molar-refractivity contribution < 1.29 is 8.78 Å². The first kappa shape index (κ1) is 14.8. The largest absolute Gasteiger partial charge is 0.256 e. The van der Waals surface area contributed by atoms with E-state index in [0.717, 1.165) is 6.08 Å². The maximum atomic E-state index is 12.3. The van der Waals surface area contributed by atoms with Crippen molar-refractivity contribution in [2.45, 2.75) is 64.6 Å². The van der Waals surface area contributed by atoms with E-state index in [1.807, 2.05) is 5.70 Å². The minimum absolute atomic E-state index is 0.507. The van der Waals surface area contributed by atoms with Crippen LogP contribution in [0.1, 0.15) is 41.5 Å². The van der Waals surface area contributed by atoms with Crippen LogP contribution in [0.2, 0.25) is 16.6 Å². The molecule has 0 aliphatic heterocycles. The van der Waals surface area contributed by atoms with E-state index in [-0.39, 0.29) is 0 Å². The van der Waals surface area contributed by atoms with Crippen LogP contribution < -0.4 is 0 Å². The van der Waals surface area contributed by atoms with Crippen LogP contribution in [-0.2, 0) is 0 Å². The van der Waals surface area contributed by atoms with E-state index in [0.29, 0.717) is 16.6 Å². The summed E-state index contributed by atoms with van der Waals surface area (Å²) in [6.45, 7) is 13.0. The Labute approximate surface area is 93.8 Å². The summed E-state index contributed by atoms with van der Waals surface area (Å²) >= 11 is 0. The highest BCUT2D eigenvalue weighted by molar-refractivity contribution is 6.87. The molecule has 0 unspecified atom stereocenters. The smallest absolute Gasteiger partial charge is 0.206 e. The molecular weight excluding hydrogens is 210 g/mol. The maximum absolute atomic E-state index is 12.3. The highest BCUT2D eigenvalue weighted by atomic mass is 28.3. The lowest BCUT2D eigenvalue weighted by Crippen LogP contribution is -2.42. The maximum Gasteiger partial charge on any atom is 0.256 e. The minimum Gasteiger partial charge on any atom is -0.206 e. The number of hydrogen-bond donors (Lipinski definition) is 0. The zero-order valence-electron chi connectivity index (χ0n) is 10.7. The zero-order valence-corrected chi connectivity index (χ0v) is 11.7. The van der Waals surface area contributed by atoms with Crippen molar-refractivity contribution in [2.24, 2.45) is 0 Å². The second-order valence-corrected chi connectivity index (χ2v) is 11.0. The summed E-state index contributed by atoms with van der Waals surface area (Å²) in [5, 5.41) is 0. The van der Waals surface area contributed by atoms with Gasteiger partial charge in [-0.15, -0.1) is 0 Å². The quantitative estimate of drug-likeness (QED) is 0.586. The van der Waals surface area contributed by atoms with Gasteiger partial charge >= 0.3 is 0 Å². The van der Waals surface area contributed by atoms with Gasteiger partial charge in [-0.2, -0.15) is 0 Å². The Balaban J connectivity index is 5.14. The monoisotopic (exact) mass is 234 g/mol. The van der Waals surface area contributed by atoms with Crippen molar-refractivity contribution in [2.75, 3.05) is 0 Å². The van der Waals surface area contributed by atoms with E-state index < -0.39 is 14.5 Å². The number of alkyl halides is 2. The van der Waals surface area contributed by atoms with Crippen LogP contribution in [0.5, 0.6) is 0 Å². The van der Waals surface area contributed by atoms with Gasteiger partial charge in [0, 0.05) is 0 Å². The Hall–Kier alpha value is -0.183. The molecule has 15 heavy (non-hydrogen) atoms. The lowest BCUT2D eigenvalue weighted by molar-refractivity contribution is 0.204. The third kappa shape index (κ3) is 3.40. The molecule has 0 nitrogen and oxygen atoms in total. The van der Waals surface area contributed by atoms with Gasteiger partial charge in [0.15, 0.2) is 0 Å². The molecule has 0 radical (unpaired) electrons. The average molecular weight is 234 g/mol. The summed E-state index contributed by atoms with van der Waals surface area (Å²) in [7, 11) is -1.75. The van der Waals surface area contributed by atoms with Crippen molar-refractivity contribution in [3.05, 3.63) is 11.8 Å². The third-order valence-electron chi connectivity index (χ3n) is 3.53. The van der Waals surface area contributed by atoms with Crippen molar-refractivity contribution >= 4 is 8.07 Å². The normalized spacial score (nSPS) is 14.1. The molecule has 0 aromatic carbocycles. The van der Waals surface area contributed by atoms with Crippen molar-refractivity contribution in [1.29, 1.82) is 0 Å². The molecule has 0 bridgehead atoms. The fourth-order valence-electron chi connectivity index (χ4n) is 2.82. The van der Waals surface area contributed by atoms with Crippen molar-refractivity contribution in [3.63, 3.8) is 0 Å². The van der Waals surface area contributed by atoms with Crippen LogP contribution in [0.15, 0.2) is 11.8 Å². The summed E-state index contributed by atoms with van der Waals surface area (Å²) in [4.78, 5) is 0. The third-order valence-corrected chi connectivity index (χ3v) is 10.3. The molecular formula is C12H24F2Si. The zero-order chi connectivity index (χ0) is 12.2. The van der Waals surface area contributed by atoms with Crippen LogP contribution in [0.3, 0.4) is 0 Å². The predicted octanol–water partition coefficient (Wildman–Crippen LogP) is 5.03. The summed E-state index contributed by atoms with van der Waals surface area (Å²) in [6.07, 6.45) is -1.21. The fraction of sp³-hybridized carbons (Fsp3) is 0.833. The standard InChI is InChI=1S/C12H24F2Si/c1-9(2)15(10(3)4,11(5)6)8-7-12(13)14/h7-12H,1-6H3/b8-7+. The topological polar surface area (TPSA) is 0 Å².